The maximum Gasteiger partial charge on any atom is 0.169 e. The number of halogens is 3. The van der Waals surface area contributed by atoms with E-state index >= 15 is 0 Å². The fourth-order valence-corrected chi connectivity index (χ4v) is 2.08. The van der Waals surface area contributed by atoms with Gasteiger partial charge in [0, 0.05) is 17.2 Å². The number of methoxy groups -OCH3 is 1. The fourth-order valence-electron chi connectivity index (χ4n) is 2.08. The van der Waals surface area contributed by atoms with Crippen molar-refractivity contribution in [3.8, 4) is 11.5 Å². The molecule has 2 nitrogen and oxygen atoms in total. The van der Waals surface area contributed by atoms with E-state index in [0.717, 1.165) is 18.9 Å². The molecule has 128 valence electrons. The molecule has 0 unspecified atom stereocenters. The van der Waals surface area contributed by atoms with Crippen LogP contribution in [0.3, 0.4) is 0 Å². The molecule has 2 rings (SSSR count). The number of benzene rings is 2. The second-order valence-corrected chi connectivity index (χ2v) is 5.20. The van der Waals surface area contributed by atoms with Crippen molar-refractivity contribution in [2.24, 2.45) is 0 Å². The van der Waals surface area contributed by atoms with Crippen LogP contribution in [0.15, 0.2) is 42.5 Å². The van der Waals surface area contributed by atoms with Crippen LogP contribution in [0.25, 0.3) is 11.7 Å². The minimum atomic E-state index is -1.25. The normalized spacial score (nSPS) is 11.9. The molecule has 24 heavy (non-hydrogen) atoms. The van der Waals surface area contributed by atoms with Gasteiger partial charge in [0.25, 0.3) is 0 Å². The Morgan fingerprint density at radius 2 is 1.62 bits per heavy atom. The van der Waals surface area contributed by atoms with Crippen LogP contribution >= 0.6 is 0 Å². The molecular weight excluding hydrogens is 317 g/mol. The second kappa shape index (κ2) is 8.43. The summed E-state index contributed by atoms with van der Waals surface area (Å²) in [4.78, 5) is 0. The third-order valence-electron chi connectivity index (χ3n) is 3.48. The van der Waals surface area contributed by atoms with Crippen LogP contribution in [0.1, 0.15) is 30.9 Å². The maximum absolute atomic E-state index is 14.3. The van der Waals surface area contributed by atoms with Crippen molar-refractivity contribution in [2.45, 2.75) is 19.8 Å². The summed E-state index contributed by atoms with van der Waals surface area (Å²) in [5, 5.41) is 0. The molecule has 2 aromatic carbocycles. The Hall–Kier alpha value is -2.43. The lowest BCUT2D eigenvalue weighted by molar-refractivity contribution is 0.308. The zero-order valence-electron chi connectivity index (χ0n) is 13.6. The van der Waals surface area contributed by atoms with E-state index in [0.29, 0.717) is 18.1 Å². The van der Waals surface area contributed by atoms with Crippen molar-refractivity contribution in [1.82, 2.24) is 0 Å². The average molecular weight is 336 g/mol. The summed E-state index contributed by atoms with van der Waals surface area (Å²) in [5.74, 6) is -2.44. The number of ether oxygens (including phenoxy) is 2. The SMILES string of the molecule is CCCCOc1ccc(/C(F)=C(\F)c2ccc(OC)cc2)c(F)c1. The van der Waals surface area contributed by atoms with Gasteiger partial charge in [0.05, 0.1) is 13.7 Å². The highest BCUT2D eigenvalue weighted by Crippen LogP contribution is 2.32. The lowest BCUT2D eigenvalue weighted by Gasteiger charge is -2.08. The van der Waals surface area contributed by atoms with Crippen molar-refractivity contribution in [3.63, 3.8) is 0 Å². The van der Waals surface area contributed by atoms with E-state index < -0.39 is 23.0 Å². The summed E-state index contributed by atoms with van der Waals surface area (Å²) in [7, 11) is 1.47. The predicted octanol–water partition coefficient (Wildman–Crippen LogP) is 5.78. The van der Waals surface area contributed by atoms with Crippen LogP contribution in [0, 0.1) is 5.82 Å². The van der Waals surface area contributed by atoms with Gasteiger partial charge in [0.1, 0.15) is 17.3 Å². The summed E-state index contributed by atoms with van der Waals surface area (Å²) >= 11 is 0. The van der Waals surface area contributed by atoms with Gasteiger partial charge in [-0.2, -0.15) is 0 Å². The molecule has 0 atom stereocenters. The first-order valence-electron chi connectivity index (χ1n) is 7.69. The minimum Gasteiger partial charge on any atom is -0.497 e. The lowest BCUT2D eigenvalue weighted by atomic mass is 10.1. The lowest BCUT2D eigenvalue weighted by Crippen LogP contribution is -1.98. The molecule has 0 bridgehead atoms. The first kappa shape index (κ1) is 17.9. The molecule has 0 spiro atoms. The quantitative estimate of drug-likeness (QED) is 0.471. The third kappa shape index (κ3) is 4.31. The van der Waals surface area contributed by atoms with Gasteiger partial charge in [-0.3, -0.25) is 0 Å². The Balaban J connectivity index is 2.24. The monoisotopic (exact) mass is 336 g/mol. The first-order valence-corrected chi connectivity index (χ1v) is 7.69. The van der Waals surface area contributed by atoms with E-state index in [4.69, 9.17) is 9.47 Å². The third-order valence-corrected chi connectivity index (χ3v) is 3.48. The smallest absolute Gasteiger partial charge is 0.169 e. The van der Waals surface area contributed by atoms with Crippen LogP contribution in [-0.2, 0) is 0 Å². The van der Waals surface area contributed by atoms with Crippen molar-refractivity contribution >= 4 is 11.7 Å². The first-order chi connectivity index (χ1) is 11.6. The summed E-state index contributed by atoms with van der Waals surface area (Å²) in [6.45, 7) is 2.46. The number of hydrogen-bond acceptors (Lipinski definition) is 2. The average Bonchev–Trinajstić information content (AvgIpc) is 2.61. The summed E-state index contributed by atoms with van der Waals surface area (Å²) < 4.78 is 52.9. The molecular formula is C19H19F3O2. The molecule has 0 aromatic heterocycles. The van der Waals surface area contributed by atoms with Crippen LogP contribution < -0.4 is 9.47 Å². The van der Waals surface area contributed by atoms with Crippen LogP contribution in [-0.4, -0.2) is 13.7 Å². The standard InChI is InChI=1S/C19H19F3O2/c1-3-4-11-24-15-9-10-16(17(20)12-15)19(22)18(21)13-5-7-14(23-2)8-6-13/h5-10,12H,3-4,11H2,1-2H3/b19-18+. The van der Waals surface area contributed by atoms with Gasteiger partial charge in [-0.1, -0.05) is 13.3 Å². The Bertz CT molecular complexity index is 709. The highest BCUT2D eigenvalue weighted by Gasteiger charge is 2.16. The molecule has 0 aliphatic rings. The van der Waals surface area contributed by atoms with Crippen molar-refractivity contribution in [3.05, 3.63) is 59.4 Å². The molecule has 0 heterocycles. The van der Waals surface area contributed by atoms with Crippen LogP contribution in [0.5, 0.6) is 11.5 Å². The molecule has 0 saturated heterocycles. The summed E-state index contributed by atoms with van der Waals surface area (Å²) in [6, 6.07) is 9.41. The highest BCUT2D eigenvalue weighted by molar-refractivity contribution is 5.83. The topological polar surface area (TPSA) is 18.5 Å². The highest BCUT2D eigenvalue weighted by atomic mass is 19.2. The van der Waals surface area contributed by atoms with Gasteiger partial charge in [-0.15, -0.1) is 0 Å². The molecule has 0 aliphatic carbocycles. The van der Waals surface area contributed by atoms with Crippen molar-refractivity contribution in [2.75, 3.05) is 13.7 Å². The zero-order valence-corrected chi connectivity index (χ0v) is 13.6. The van der Waals surface area contributed by atoms with Gasteiger partial charge in [-0.05, 0) is 42.8 Å². The molecule has 0 N–H and O–H groups in total. The molecule has 5 heteroatoms. The van der Waals surface area contributed by atoms with E-state index in [2.05, 4.69) is 0 Å². The predicted molar refractivity (Wildman–Crippen MR) is 88.8 cm³/mol. The van der Waals surface area contributed by atoms with Gasteiger partial charge in [0.15, 0.2) is 11.7 Å². The minimum absolute atomic E-state index is 0.0102. The maximum atomic E-state index is 14.3. The Morgan fingerprint density at radius 1 is 0.958 bits per heavy atom. The van der Waals surface area contributed by atoms with E-state index in [-0.39, 0.29) is 5.56 Å². The number of rotatable bonds is 7. The van der Waals surface area contributed by atoms with Crippen LogP contribution in [0.2, 0.25) is 0 Å². The van der Waals surface area contributed by atoms with E-state index in [1.807, 2.05) is 6.92 Å². The van der Waals surface area contributed by atoms with E-state index in [1.54, 1.807) is 0 Å². The van der Waals surface area contributed by atoms with Gasteiger partial charge >= 0.3 is 0 Å². The van der Waals surface area contributed by atoms with Gasteiger partial charge < -0.3 is 9.47 Å². The molecule has 0 radical (unpaired) electrons. The summed E-state index contributed by atoms with van der Waals surface area (Å²) in [6.07, 6.45) is 1.79. The van der Waals surface area contributed by atoms with Crippen molar-refractivity contribution < 1.29 is 22.6 Å². The Kier molecular flexibility index (Phi) is 6.29. The second-order valence-electron chi connectivity index (χ2n) is 5.20. The fraction of sp³-hybridized carbons (Fsp3) is 0.263. The van der Waals surface area contributed by atoms with Gasteiger partial charge in [-0.25, -0.2) is 13.2 Å². The number of unbranched alkanes of at least 4 members (excludes halogenated alkanes) is 1. The van der Waals surface area contributed by atoms with Crippen molar-refractivity contribution in [1.29, 1.82) is 0 Å². The molecule has 0 saturated carbocycles. The Labute approximate surface area is 139 Å². The summed E-state index contributed by atoms with van der Waals surface area (Å²) in [5.41, 5.74) is -0.429. The zero-order chi connectivity index (χ0) is 17.5. The van der Waals surface area contributed by atoms with Crippen LogP contribution in [0.4, 0.5) is 13.2 Å². The largest absolute Gasteiger partial charge is 0.497 e. The molecule has 0 amide bonds. The van der Waals surface area contributed by atoms with E-state index in [1.165, 1.54) is 43.5 Å². The Morgan fingerprint density at radius 3 is 2.21 bits per heavy atom. The van der Waals surface area contributed by atoms with E-state index in [9.17, 15) is 13.2 Å². The molecule has 0 fully saturated rings. The number of hydrogen-bond donors (Lipinski definition) is 0. The van der Waals surface area contributed by atoms with Gasteiger partial charge in [0.2, 0.25) is 0 Å². The molecule has 2 aromatic rings. The molecule has 0 aliphatic heterocycles.